The maximum Gasteiger partial charge on any atom is 0.196 e. The van der Waals surface area contributed by atoms with Crippen molar-refractivity contribution in [1.29, 1.82) is 0 Å². The number of imidazole rings is 1. The van der Waals surface area contributed by atoms with Crippen LogP contribution < -0.4 is 5.73 Å². The molecule has 0 bridgehead atoms. The molecular formula is C13H14N4S. The highest BCUT2D eigenvalue weighted by Crippen LogP contribution is 2.31. The molecule has 4 nitrogen and oxygen atoms in total. The molecule has 0 radical (unpaired) electrons. The van der Waals surface area contributed by atoms with Gasteiger partial charge >= 0.3 is 0 Å². The van der Waals surface area contributed by atoms with E-state index in [1.807, 2.05) is 22.6 Å². The summed E-state index contributed by atoms with van der Waals surface area (Å²) < 4.78 is 2.03. The SMILES string of the molecule is CC(C)c1csc2nc(-c3ccccn3)c(N)n12. The normalized spacial score (nSPS) is 11.5. The van der Waals surface area contributed by atoms with Gasteiger partial charge in [-0.1, -0.05) is 19.9 Å². The Morgan fingerprint density at radius 3 is 2.83 bits per heavy atom. The number of aromatic nitrogens is 3. The summed E-state index contributed by atoms with van der Waals surface area (Å²) in [5.74, 6) is 1.10. The zero-order chi connectivity index (χ0) is 12.7. The van der Waals surface area contributed by atoms with Crippen molar-refractivity contribution in [3.8, 4) is 11.4 Å². The monoisotopic (exact) mass is 258 g/mol. The van der Waals surface area contributed by atoms with E-state index in [2.05, 4.69) is 29.2 Å². The summed E-state index contributed by atoms with van der Waals surface area (Å²) in [4.78, 5) is 9.82. The molecule has 0 saturated carbocycles. The first-order valence-corrected chi connectivity index (χ1v) is 6.73. The molecule has 0 amide bonds. The summed E-state index contributed by atoms with van der Waals surface area (Å²) in [6.45, 7) is 4.31. The van der Waals surface area contributed by atoms with Crippen LogP contribution in [-0.2, 0) is 0 Å². The predicted molar refractivity (Wildman–Crippen MR) is 74.8 cm³/mol. The lowest BCUT2D eigenvalue weighted by atomic mass is 10.1. The van der Waals surface area contributed by atoms with Crippen molar-refractivity contribution in [2.45, 2.75) is 19.8 Å². The maximum atomic E-state index is 6.22. The van der Waals surface area contributed by atoms with Crippen molar-refractivity contribution >= 4 is 22.1 Å². The van der Waals surface area contributed by atoms with E-state index in [4.69, 9.17) is 5.73 Å². The minimum atomic E-state index is 0.423. The number of hydrogen-bond acceptors (Lipinski definition) is 4. The van der Waals surface area contributed by atoms with Crippen LogP contribution in [0.5, 0.6) is 0 Å². The van der Waals surface area contributed by atoms with Crippen LogP contribution in [0.15, 0.2) is 29.8 Å². The van der Waals surface area contributed by atoms with E-state index in [-0.39, 0.29) is 0 Å². The second-order valence-electron chi connectivity index (χ2n) is 4.49. The summed E-state index contributed by atoms with van der Waals surface area (Å²) in [5, 5.41) is 2.12. The summed E-state index contributed by atoms with van der Waals surface area (Å²) in [5.41, 5.74) is 9.01. The molecule has 0 aliphatic rings. The van der Waals surface area contributed by atoms with Crippen molar-refractivity contribution in [1.82, 2.24) is 14.4 Å². The second-order valence-corrected chi connectivity index (χ2v) is 5.33. The third-order valence-electron chi connectivity index (χ3n) is 2.92. The lowest BCUT2D eigenvalue weighted by Gasteiger charge is -2.04. The van der Waals surface area contributed by atoms with Crippen LogP contribution in [0, 0.1) is 0 Å². The van der Waals surface area contributed by atoms with Crippen LogP contribution in [0.1, 0.15) is 25.5 Å². The van der Waals surface area contributed by atoms with Gasteiger partial charge in [0.2, 0.25) is 0 Å². The molecule has 0 atom stereocenters. The summed E-state index contributed by atoms with van der Waals surface area (Å²) in [7, 11) is 0. The minimum absolute atomic E-state index is 0.423. The number of fused-ring (bicyclic) bond motifs is 1. The van der Waals surface area contributed by atoms with E-state index < -0.39 is 0 Å². The third kappa shape index (κ3) is 1.59. The van der Waals surface area contributed by atoms with E-state index in [0.29, 0.717) is 11.7 Å². The van der Waals surface area contributed by atoms with Gasteiger partial charge in [0.25, 0.3) is 0 Å². The molecule has 0 fully saturated rings. The average Bonchev–Trinajstić information content (AvgIpc) is 2.91. The fourth-order valence-electron chi connectivity index (χ4n) is 1.99. The van der Waals surface area contributed by atoms with Gasteiger partial charge in [-0.15, -0.1) is 11.3 Å². The van der Waals surface area contributed by atoms with Crippen LogP contribution in [0.2, 0.25) is 0 Å². The van der Waals surface area contributed by atoms with Crippen molar-refractivity contribution in [2.24, 2.45) is 0 Å². The molecule has 0 aromatic carbocycles. The number of pyridine rings is 1. The smallest absolute Gasteiger partial charge is 0.196 e. The van der Waals surface area contributed by atoms with Crippen LogP contribution in [-0.4, -0.2) is 14.4 Å². The molecule has 0 aliphatic carbocycles. The summed E-state index contributed by atoms with van der Waals surface area (Å²) in [6.07, 6.45) is 1.76. The average molecular weight is 258 g/mol. The van der Waals surface area contributed by atoms with Gasteiger partial charge in [0.1, 0.15) is 11.5 Å². The van der Waals surface area contributed by atoms with Crippen LogP contribution in [0.4, 0.5) is 5.82 Å². The van der Waals surface area contributed by atoms with Gasteiger partial charge in [-0.3, -0.25) is 9.38 Å². The Morgan fingerprint density at radius 1 is 1.33 bits per heavy atom. The maximum absolute atomic E-state index is 6.22. The Bertz CT molecular complexity index is 682. The highest BCUT2D eigenvalue weighted by Gasteiger charge is 2.17. The molecule has 3 aromatic heterocycles. The van der Waals surface area contributed by atoms with E-state index in [9.17, 15) is 0 Å². The number of thiazole rings is 1. The van der Waals surface area contributed by atoms with Gasteiger partial charge in [0.15, 0.2) is 4.96 Å². The van der Waals surface area contributed by atoms with Gasteiger partial charge in [0.05, 0.1) is 5.69 Å². The highest BCUT2D eigenvalue weighted by atomic mass is 32.1. The fraction of sp³-hybridized carbons (Fsp3) is 0.231. The Hall–Kier alpha value is -1.88. The molecule has 3 heterocycles. The molecule has 0 saturated heterocycles. The number of anilines is 1. The van der Waals surface area contributed by atoms with Gasteiger partial charge in [-0.25, -0.2) is 4.98 Å². The Kier molecular flexibility index (Phi) is 2.56. The first-order chi connectivity index (χ1) is 8.68. The topological polar surface area (TPSA) is 56.2 Å². The van der Waals surface area contributed by atoms with Crippen LogP contribution >= 0.6 is 11.3 Å². The molecule has 2 N–H and O–H groups in total. The van der Waals surface area contributed by atoms with E-state index >= 15 is 0 Å². The predicted octanol–water partition coefficient (Wildman–Crippen LogP) is 3.16. The largest absolute Gasteiger partial charge is 0.383 e. The molecule has 0 aliphatic heterocycles. The third-order valence-corrected chi connectivity index (χ3v) is 3.77. The van der Waals surface area contributed by atoms with E-state index in [0.717, 1.165) is 16.3 Å². The van der Waals surface area contributed by atoms with Crippen LogP contribution in [0.3, 0.4) is 0 Å². The second kappa shape index (κ2) is 4.10. The van der Waals surface area contributed by atoms with Crippen LogP contribution in [0.25, 0.3) is 16.3 Å². The standard InChI is InChI=1S/C13H14N4S/c1-8(2)10-7-18-13-16-11(12(14)17(10)13)9-5-3-4-6-15-9/h3-8H,14H2,1-2H3. The minimum Gasteiger partial charge on any atom is -0.383 e. The zero-order valence-corrected chi connectivity index (χ0v) is 11.1. The van der Waals surface area contributed by atoms with Gasteiger partial charge in [-0.2, -0.15) is 0 Å². The van der Waals surface area contributed by atoms with Crippen molar-refractivity contribution < 1.29 is 0 Å². The lowest BCUT2D eigenvalue weighted by molar-refractivity contribution is 0.814. The molecule has 0 unspecified atom stereocenters. The Morgan fingerprint density at radius 2 is 2.17 bits per heavy atom. The molecule has 92 valence electrons. The molecule has 3 aromatic rings. The number of rotatable bonds is 2. The van der Waals surface area contributed by atoms with Gasteiger partial charge in [0, 0.05) is 17.3 Å². The number of nitrogens with zero attached hydrogens (tertiary/aromatic N) is 3. The molecular weight excluding hydrogens is 244 g/mol. The first-order valence-electron chi connectivity index (χ1n) is 5.85. The van der Waals surface area contributed by atoms with E-state index in [1.54, 1.807) is 17.5 Å². The molecule has 3 rings (SSSR count). The van der Waals surface area contributed by atoms with Gasteiger partial charge in [-0.05, 0) is 18.1 Å². The zero-order valence-electron chi connectivity index (χ0n) is 10.3. The van der Waals surface area contributed by atoms with Crippen molar-refractivity contribution in [3.63, 3.8) is 0 Å². The highest BCUT2D eigenvalue weighted by molar-refractivity contribution is 7.15. The van der Waals surface area contributed by atoms with Gasteiger partial charge < -0.3 is 5.73 Å². The molecule has 5 heteroatoms. The first kappa shape index (κ1) is 11.2. The lowest BCUT2D eigenvalue weighted by Crippen LogP contribution is -1.99. The number of hydrogen-bond donors (Lipinski definition) is 1. The molecule has 18 heavy (non-hydrogen) atoms. The fourth-order valence-corrected chi connectivity index (χ4v) is 3.05. The number of nitrogens with two attached hydrogens (primary N) is 1. The Balaban J connectivity index is 2.24. The quantitative estimate of drug-likeness (QED) is 0.768. The van der Waals surface area contributed by atoms with Crippen molar-refractivity contribution in [3.05, 3.63) is 35.5 Å². The summed E-state index contributed by atoms with van der Waals surface area (Å²) in [6, 6.07) is 5.76. The van der Waals surface area contributed by atoms with Crippen molar-refractivity contribution in [2.75, 3.05) is 5.73 Å². The summed E-state index contributed by atoms with van der Waals surface area (Å²) >= 11 is 1.62. The van der Waals surface area contributed by atoms with E-state index in [1.165, 1.54) is 5.69 Å². The number of nitrogen functional groups attached to an aromatic ring is 1. The molecule has 0 spiro atoms. The Labute approximate surface area is 109 Å².